The van der Waals surface area contributed by atoms with E-state index in [1.165, 1.54) is 0 Å². The molecule has 0 N–H and O–H groups in total. The largest absolute Gasteiger partial charge is 0.466 e. The third-order valence-electron chi connectivity index (χ3n) is 5.43. The molecule has 1 amide bonds. The second kappa shape index (κ2) is 8.57. The van der Waals surface area contributed by atoms with Crippen molar-refractivity contribution in [3.8, 4) is 11.5 Å². The number of carbonyl (C=O) groups is 2. The minimum Gasteiger partial charge on any atom is -0.466 e. The maximum Gasteiger partial charge on any atom is 0.310 e. The van der Waals surface area contributed by atoms with Crippen molar-refractivity contribution in [2.75, 3.05) is 19.7 Å². The summed E-state index contributed by atoms with van der Waals surface area (Å²) in [5, 5.41) is 4.53. The number of hydrogen-bond acceptors (Lipinski definition) is 4. The lowest BCUT2D eigenvalue weighted by Gasteiger charge is -2.31. The van der Waals surface area contributed by atoms with Gasteiger partial charge in [0.15, 0.2) is 5.82 Å². The Morgan fingerprint density at radius 3 is 2.60 bits per heavy atom. The van der Waals surface area contributed by atoms with Crippen molar-refractivity contribution in [1.29, 1.82) is 0 Å². The molecule has 0 saturated carbocycles. The standard InChI is InChI=1S/C23H26N4O3/c1-3-30-23(29)18-7-6-14-26(16-18)22(28)20-15-24-27(19-10-8-17(2)9-11-19)21(20)25-12-4-5-13-25/h4-5,8-13,15,18H,3,6-7,14,16H2,1-2H3. The van der Waals surface area contributed by atoms with E-state index in [0.717, 1.165) is 24.1 Å². The molecule has 1 unspecified atom stereocenters. The van der Waals surface area contributed by atoms with Gasteiger partial charge in [-0.2, -0.15) is 5.10 Å². The Bertz CT molecular complexity index is 1020. The highest BCUT2D eigenvalue weighted by Crippen LogP contribution is 2.25. The Balaban J connectivity index is 1.68. The van der Waals surface area contributed by atoms with E-state index in [1.807, 2.05) is 60.3 Å². The lowest BCUT2D eigenvalue weighted by Crippen LogP contribution is -2.43. The molecule has 30 heavy (non-hydrogen) atoms. The Morgan fingerprint density at radius 1 is 1.17 bits per heavy atom. The molecule has 0 spiro atoms. The van der Waals surface area contributed by atoms with E-state index in [9.17, 15) is 9.59 Å². The number of carbonyl (C=O) groups excluding carboxylic acids is 2. The van der Waals surface area contributed by atoms with Gasteiger partial charge in [-0.15, -0.1) is 0 Å². The van der Waals surface area contributed by atoms with Crippen LogP contribution in [0.5, 0.6) is 0 Å². The van der Waals surface area contributed by atoms with Crippen LogP contribution in [0.1, 0.15) is 35.7 Å². The number of likely N-dealkylation sites (tertiary alicyclic amines) is 1. The summed E-state index contributed by atoms with van der Waals surface area (Å²) < 4.78 is 8.84. The van der Waals surface area contributed by atoms with E-state index in [0.29, 0.717) is 31.1 Å². The molecule has 3 heterocycles. The lowest BCUT2D eigenvalue weighted by atomic mass is 9.97. The number of esters is 1. The number of ether oxygens (including phenoxy) is 1. The van der Waals surface area contributed by atoms with Crippen LogP contribution in [0.25, 0.3) is 11.5 Å². The van der Waals surface area contributed by atoms with Crippen LogP contribution in [0.4, 0.5) is 0 Å². The zero-order valence-electron chi connectivity index (χ0n) is 17.3. The molecule has 1 aliphatic heterocycles. The second-order valence-corrected chi connectivity index (χ2v) is 7.56. The van der Waals surface area contributed by atoms with E-state index in [2.05, 4.69) is 5.10 Å². The fourth-order valence-corrected chi connectivity index (χ4v) is 3.88. The molecule has 1 aromatic carbocycles. The van der Waals surface area contributed by atoms with Gasteiger partial charge in [0.1, 0.15) is 5.56 Å². The summed E-state index contributed by atoms with van der Waals surface area (Å²) in [4.78, 5) is 27.4. The molecule has 4 rings (SSSR count). The van der Waals surface area contributed by atoms with Crippen LogP contribution >= 0.6 is 0 Å². The van der Waals surface area contributed by atoms with Crippen molar-refractivity contribution >= 4 is 11.9 Å². The molecule has 1 atom stereocenters. The summed E-state index contributed by atoms with van der Waals surface area (Å²) in [7, 11) is 0. The summed E-state index contributed by atoms with van der Waals surface area (Å²) in [6.45, 7) is 5.18. The molecular weight excluding hydrogens is 380 g/mol. The van der Waals surface area contributed by atoms with Crippen molar-refractivity contribution < 1.29 is 14.3 Å². The summed E-state index contributed by atoms with van der Waals surface area (Å²) in [5.41, 5.74) is 2.55. The van der Waals surface area contributed by atoms with Gasteiger partial charge in [0, 0.05) is 25.5 Å². The second-order valence-electron chi connectivity index (χ2n) is 7.56. The van der Waals surface area contributed by atoms with E-state index in [4.69, 9.17) is 4.74 Å². The first kappa shape index (κ1) is 19.9. The average Bonchev–Trinajstić information content (AvgIpc) is 3.44. The molecule has 7 nitrogen and oxygen atoms in total. The highest BCUT2D eigenvalue weighted by atomic mass is 16.5. The number of amides is 1. The number of aryl methyl sites for hydroxylation is 1. The van der Waals surface area contributed by atoms with E-state index in [1.54, 1.807) is 22.7 Å². The van der Waals surface area contributed by atoms with Gasteiger partial charge in [0.05, 0.1) is 24.4 Å². The summed E-state index contributed by atoms with van der Waals surface area (Å²) >= 11 is 0. The molecule has 1 saturated heterocycles. The predicted octanol–water partition coefficient (Wildman–Crippen LogP) is 3.39. The van der Waals surface area contributed by atoms with Gasteiger partial charge in [-0.25, -0.2) is 4.68 Å². The SMILES string of the molecule is CCOC(=O)C1CCCN(C(=O)c2cnn(-c3ccc(C)cc3)c2-n2cccc2)C1. The highest BCUT2D eigenvalue weighted by Gasteiger charge is 2.32. The van der Waals surface area contributed by atoms with Gasteiger partial charge < -0.3 is 14.2 Å². The van der Waals surface area contributed by atoms with E-state index in [-0.39, 0.29) is 17.8 Å². The number of rotatable bonds is 5. The number of nitrogens with zero attached hydrogens (tertiary/aromatic N) is 4. The van der Waals surface area contributed by atoms with Gasteiger partial charge in [-0.05, 0) is 51.0 Å². The molecule has 1 aliphatic rings. The first-order chi connectivity index (χ1) is 14.6. The van der Waals surface area contributed by atoms with Crippen molar-refractivity contribution in [1.82, 2.24) is 19.2 Å². The monoisotopic (exact) mass is 406 g/mol. The molecule has 1 fully saturated rings. The van der Waals surface area contributed by atoms with Crippen LogP contribution in [0.3, 0.4) is 0 Å². The van der Waals surface area contributed by atoms with Crippen molar-refractivity contribution in [2.45, 2.75) is 26.7 Å². The average molecular weight is 406 g/mol. The predicted molar refractivity (Wildman–Crippen MR) is 113 cm³/mol. The molecule has 0 radical (unpaired) electrons. The fourth-order valence-electron chi connectivity index (χ4n) is 3.88. The van der Waals surface area contributed by atoms with Crippen molar-refractivity contribution in [2.24, 2.45) is 5.92 Å². The number of piperidine rings is 1. The quantitative estimate of drug-likeness (QED) is 0.609. The third-order valence-corrected chi connectivity index (χ3v) is 5.43. The minimum atomic E-state index is -0.273. The number of benzene rings is 1. The van der Waals surface area contributed by atoms with Crippen molar-refractivity contribution in [3.05, 3.63) is 66.1 Å². The van der Waals surface area contributed by atoms with Gasteiger partial charge in [-0.3, -0.25) is 9.59 Å². The molecule has 0 bridgehead atoms. The van der Waals surface area contributed by atoms with Crippen LogP contribution in [0, 0.1) is 12.8 Å². The summed E-state index contributed by atoms with van der Waals surface area (Å²) in [6, 6.07) is 11.8. The van der Waals surface area contributed by atoms with E-state index < -0.39 is 0 Å². The van der Waals surface area contributed by atoms with Crippen LogP contribution in [0.2, 0.25) is 0 Å². The summed E-state index contributed by atoms with van der Waals surface area (Å²) in [5.74, 6) is 0.0685. The minimum absolute atomic E-state index is 0.119. The van der Waals surface area contributed by atoms with Crippen LogP contribution < -0.4 is 0 Å². The molecule has 0 aliphatic carbocycles. The van der Waals surface area contributed by atoms with Gasteiger partial charge in [0.25, 0.3) is 5.91 Å². The van der Waals surface area contributed by atoms with Crippen LogP contribution in [-0.2, 0) is 9.53 Å². The van der Waals surface area contributed by atoms with Gasteiger partial charge in [0.2, 0.25) is 0 Å². The topological polar surface area (TPSA) is 69.4 Å². The Hall–Kier alpha value is -3.35. The molecule has 3 aromatic rings. The molecule has 156 valence electrons. The van der Waals surface area contributed by atoms with Crippen LogP contribution in [-0.4, -0.2) is 50.8 Å². The fraction of sp³-hybridized carbons (Fsp3) is 0.348. The Kier molecular flexibility index (Phi) is 5.70. The van der Waals surface area contributed by atoms with Gasteiger partial charge in [-0.1, -0.05) is 17.7 Å². The Labute approximate surface area is 175 Å². The molecule has 7 heteroatoms. The first-order valence-corrected chi connectivity index (χ1v) is 10.3. The maximum absolute atomic E-state index is 13.4. The third kappa shape index (κ3) is 3.87. The van der Waals surface area contributed by atoms with E-state index >= 15 is 0 Å². The van der Waals surface area contributed by atoms with Crippen molar-refractivity contribution in [3.63, 3.8) is 0 Å². The zero-order chi connectivity index (χ0) is 21.1. The summed E-state index contributed by atoms with van der Waals surface area (Å²) in [6.07, 6.45) is 6.94. The first-order valence-electron chi connectivity index (χ1n) is 10.3. The van der Waals surface area contributed by atoms with Gasteiger partial charge >= 0.3 is 5.97 Å². The smallest absolute Gasteiger partial charge is 0.310 e. The lowest BCUT2D eigenvalue weighted by molar-refractivity contribution is -0.149. The number of hydrogen-bond donors (Lipinski definition) is 0. The normalized spacial score (nSPS) is 16.5. The highest BCUT2D eigenvalue weighted by molar-refractivity contribution is 5.97. The molecule has 2 aromatic heterocycles. The molecular formula is C23H26N4O3. The number of aromatic nitrogens is 3. The zero-order valence-corrected chi connectivity index (χ0v) is 17.3. The Morgan fingerprint density at radius 2 is 1.90 bits per heavy atom. The maximum atomic E-state index is 13.4. The van der Waals surface area contributed by atoms with Crippen LogP contribution in [0.15, 0.2) is 55.0 Å².